The summed E-state index contributed by atoms with van der Waals surface area (Å²) in [7, 11) is 0. The van der Waals surface area contributed by atoms with Crippen molar-refractivity contribution in [1.29, 1.82) is 5.26 Å². The molecular formula is C30H25N3O5. The van der Waals surface area contributed by atoms with E-state index in [1.807, 2.05) is 54.7 Å². The zero-order valence-electron chi connectivity index (χ0n) is 20.6. The molecule has 0 spiro atoms. The molecular weight excluding hydrogens is 482 g/mol. The van der Waals surface area contributed by atoms with Crippen molar-refractivity contribution >= 4 is 21.7 Å². The molecule has 0 unspecified atom stereocenters. The average Bonchev–Trinajstić information content (AvgIpc) is 3.63. The normalized spacial score (nSPS) is 23.7. The molecule has 1 fully saturated rings. The minimum atomic E-state index is -1.19. The van der Waals surface area contributed by atoms with Crippen LogP contribution in [0.15, 0.2) is 66.9 Å². The van der Waals surface area contributed by atoms with Gasteiger partial charge in [-0.2, -0.15) is 5.26 Å². The molecule has 3 aromatic carbocycles. The zero-order chi connectivity index (χ0) is 26.2. The Morgan fingerprint density at radius 1 is 1.03 bits per heavy atom. The lowest BCUT2D eigenvalue weighted by atomic mass is 9.76. The number of fused-ring (bicyclic) bond motifs is 7. The predicted molar refractivity (Wildman–Crippen MR) is 140 cm³/mol. The first-order chi connectivity index (χ1) is 18.4. The van der Waals surface area contributed by atoms with E-state index in [0.717, 1.165) is 16.7 Å². The highest BCUT2D eigenvalue weighted by Gasteiger charge is 2.66. The number of aliphatic hydroxyl groups is 1. The molecule has 2 aromatic heterocycles. The zero-order valence-corrected chi connectivity index (χ0v) is 20.6. The Balaban J connectivity index is 1.32. The van der Waals surface area contributed by atoms with Gasteiger partial charge in [-0.3, -0.25) is 4.57 Å². The molecule has 0 amide bonds. The quantitative estimate of drug-likeness (QED) is 0.263. The van der Waals surface area contributed by atoms with Crippen LogP contribution in [0, 0.1) is 11.3 Å². The fourth-order valence-electron chi connectivity index (χ4n) is 6.43. The first-order valence-corrected chi connectivity index (χ1v) is 12.5. The van der Waals surface area contributed by atoms with E-state index >= 15 is 0 Å². The molecule has 7 rings (SSSR count). The Bertz CT molecular complexity index is 1800. The van der Waals surface area contributed by atoms with Gasteiger partial charge in [-0.05, 0) is 37.3 Å². The molecule has 1 saturated heterocycles. The summed E-state index contributed by atoms with van der Waals surface area (Å²) >= 11 is 0. The van der Waals surface area contributed by atoms with Gasteiger partial charge in [0, 0.05) is 40.7 Å². The van der Waals surface area contributed by atoms with Crippen molar-refractivity contribution in [3.8, 4) is 29.3 Å². The SMILES string of the molecule is C[C@]12O[C@](CCOc3cccc4[nH]ccc34)(C[C@@H]1O)c1c2c(O)n(-c2ccc(C#N)c3ccccc23)c1O. The van der Waals surface area contributed by atoms with Crippen molar-refractivity contribution in [2.75, 3.05) is 6.61 Å². The molecule has 2 aliphatic heterocycles. The van der Waals surface area contributed by atoms with Gasteiger partial charge >= 0.3 is 0 Å². The van der Waals surface area contributed by atoms with Crippen molar-refractivity contribution in [3.63, 3.8) is 0 Å². The Morgan fingerprint density at radius 2 is 1.82 bits per heavy atom. The second-order valence-electron chi connectivity index (χ2n) is 10.2. The number of nitriles is 1. The lowest BCUT2D eigenvalue weighted by Crippen LogP contribution is -2.33. The van der Waals surface area contributed by atoms with Crippen molar-refractivity contribution in [3.05, 3.63) is 83.6 Å². The van der Waals surface area contributed by atoms with Crippen LogP contribution in [0.4, 0.5) is 0 Å². The highest BCUT2D eigenvalue weighted by atomic mass is 16.6. The van der Waals surface area contributed by atoms with Crippen LogP contribution in [0.1, 0.15) is 36.5 Å². The fourth-order valence-corrected chi connectivity index (χ4v) is 6.43. The summed E-state index contributed by atoms with van der Waals surface area (Å²) in [6.45, 7) is 2.02. The van der Waals surface area contributed by atoms with E-state index in [1.165, 1.54) is 4.57 Å². The van der Waals surface area contributed by atoms with E-state index < -0.39 is 17.3 Å². The van der Waals surface area contributed by atoms with E-state index in [2.05, 4.69) is 11.1 Å². The molecule has 4 heterocycles. The molecule has 38 heavy (non-hydrogen) atoms. The van der Waals surface area contributed by atoms with Crippen LogP contribution in [0.3, 0.4) is 0 Å². The third kappa shape index (κ3) is 2.86. The van der Waals surface area contributed by atoms with E-state index in [9.17, 15) is 20.6 Å². The van der Waals surface area contributed by atoms with Gasteiger partial charge in [-0.25, -0.2) is 0 Å². The Labute approximate surface area is 217 Å². The number of nitrogens with zero attached hydrogens (tertiary/aromatic N) is 2. The maximum absolute atomic E-state index is 11.6. The topological polar surface area (TPSA) is 124 Å². The van der Waals surface area contributed by atoms with Gasteiger partial charge in [0.2, 0.25) is 11.8 Å². The van der Waals surface area contributed by atoms with Gasteiger partial charge in [-0.15, -0.1) is 0 Å². The Hall–Kier alpha value is -4.45. The third-order valence-corrected chi connectivity index (χ3v) is 8.22. The van der Waals surface area contributed by atoms with E-state index in [0.29, 0.717) is 39.6 Å². The Kier molecular flexibility index (Phi) is 4.65. The number of rotatable bonds is 5. The fraction of sp³-hybridized carbons (Fsp3) is 0.233. The number of aromatic amines is 1. The number of H-pyrrole nitrogens is 1. The average molecular weight is 508 g/mol. The molecule has 3 atom stereocenters. The van der Waals surface area contributed by atoms with Gasteiger partial charge < -0.3 is 29.8 Å². The van der Waals surface area contributed by atoms with Crippen LogP contribution >= 0.6 is 0 Å². The Morgan fingerprint density at radius 3 is 2.63 bits per heavy atom. The third-order valence-electron chi connectivity index (χ3n) is 8.22. The summed E-state index contributed by atoms with van der Waals surface area (Å²) in [4.78, 5) is 3.17. The molecule has 0 radical (unpaired) electrons. The highest BCUT2D eigenvalue weighted by molar-refractivity contribution is 5.95. The minimum absolute atomic E-state index is 0.143. The summed E-state index contributed by atoms with van der Waals surface area (Å²) in [6, 6.07) is 20.7. The molecule has 0 aliphatic carbocycles. The lowest BCUT2D eigenvalue weighted by molar-refractivity contribution is -0.107. The van der Waals surface area contributed by atoms with Crippen molar-refractivity contribution in [2.24, 2.45) is 0 Å². The van der Waals surface area contributed by atoms with E-state index in [-0.39, 0.29) is 24.8 Å². The molecule has 8 heteroatoms. The molecule has 8 nitrogen and oxygen atoms in total. The maximum Gasteiger partial charge on any atom is 0.205 e. The number of nitrogens with one attached hydrogen (secondary N) is 1. The van der Waals surface area contributed by atoms with Crippen LogP contribution in [-0.4, -0.2) is 37.6 Å². The van der Waals surface area contributed by atoms with Crippen molar-refractivity contribution in [2.45, 2.75) is 37.1 Å². The van der Waals surface area contributed by atoms with Crippen molar-refractivity contribution < 1.29 is 24.8 Å². The summed E-state index contributed by atoms with van der Waals surface area (Å²) in [5.41, 5.74) is 0.635. The number of hydrogen-bond donors (Lipinski definition) is 4. The summed E-state index contributed by atoms with van der Waals surface area (Å²) in [5.74, 6) is 0.401. The largest absolute Gasteiger partial charge is 0.494 e. The summed E-state index contributed by atoms with van der Waals surface area (Å²) in [5, 5.41) is 46.1. The number of aromatic hydroxyl groups is 2. The second kappa shape index (κ2) is 7.78. The molecule has 4 N–H and O–H groups in total. The standard InChI is InChI=1S/C30H25N3O5/c1-29-24(34)15-30(38-29,12-14-37-23-8-4-7-21-20(23)11-13-32-21)26-25(29)27(35)33(28(26)36)22-10-9-17(16-31)18-5-2-3-6-19(18)22/h2-11,13,24,32,34-36H,12,14-15H2,1H3/t24-,29-,30+/m0/s1. The predicted octanol–water partition coefficient (Wildman–Crippen LogP) is 5.07. The van der Waals surface area contributed by atoms with Gasteiger partial charge in [-0.1, -0.05) is 30.3 Å². The smallest absolute Gasteiger partial charge is 0.205 e. The summed E-state index contributed by atoms with van der Waals surface area (Å²) < 4.78 is 14.0. The monoisotopic (exact) mass is 507 g/mol. The van der Waals surface area contributed by atoms with E-state index in [1.54, 1.807) is 19.1 Å². The van der Waals surface area contributed by atoms with Crippen molar-refractivity contribution in [1.82, 2.24) is 9.55 Å². The molecule has 2 bridgehead atoms. The first kappa shape index (κ1) is 22.7. The van der Waals surface area contributed by atoms with Crippen LogP contribution in [-0.2, 0) is 15.9 Å². The minimum Gasteiger partial charge on any atom is -0.494 e. The number of aliphatic hydroxyl groups excluding tert-OH is 1. The number of aromatic nitrogens is 2. The molecule has 2 aliphatic rings. The second-order valence-corrected chi connectivity index (χ2v) is 10.2. The summed E-state index contributed by atoms with van der Waals surface area (Å²) in [6.07, 6.45) is 1.61. The van der Waals surface area contributed by atoms with Crippen LogP contribution in [0.25, 0.3) is 27.4 Å². The lowest BCUT2D eigenvalue weighted by Gasteiger charge is -2.26. The van der Waals surface area contributed by atoms with Crippen LogP contribution in [0.2, 0.25) is 0 Å². The van der Waals surface area contributed by atoms with Gasteiger partial charge in [0.25, 0.3) is 0 Å². The number of ether oxygens (including phenoxy) is 2. The molecule has 0 saturated carbocycles. The number of hydrogen-bond acceptors (Lipinski definition) is 6. The van der Waals surface area contributed by atoms with Crippen LogP contribution < -0.4 is 4.74 Å². The molecule has 5 aromatic rings. The van der Waals surface area contributed by atoms with E-state index in [4.69, 9.17) is 9.47 Å². The van der Waals surface area contributed by atoms with Gasteiger partial charge in [0.05, 0.1) is 41.2 Å². The van der Waals surface area contributed by atoms with Gasteiger partial charge in [0.15, 0.2) is 0 Å². The highest BCUT2D eigenvalue weighted by Crippen LogP contribution is 2.65. The molecule has 190 valence electrons. The number of benzene rings is 3. The maximum atomic E-state index is 11.6. The van der Waals surface area contributed by atoms with Gasteiger partial charge in [0.1, 0.15) is 17.0 Å². The first-order valence-electron chi connectivity index (χ1n) is 12.5. The van der Waals surface area contributed by atoms with Crippen LogP contribution in [0.5, 0.6) is 17.5 Å².